The number of nitrogens with zero attached hydrogens (tertiary/aromatic N) is 1. The predicted octanol–water partition coefficient (Wildman–Crippen LogP) is 3.91. The third-order valence-electron chi connectivity index (χ3n) is 2.09. The fourth-order valence-electron chi connectivity index (χ4n) is 1.44. The van der Waals surface area contributed by atoms with Gasteiger partial charge in [0.1, 0.15) is 0 Å². The van der Waals surface area contributed by atoms with Gasteiger partial charge in [-0.15, -0.1) is 0 Å². The van der Waals surface area contributed by atoms with Crippen molar-refractivity contribution in [2.45, 2.75) is 13.0 Å². The highest BCUT2D eigenvalue weighted by Gasteiger charge is 2.11. The molecule has 5 heteroatoms. The quantitative estimate of drug-likeness (QED) is 0.698. The van der Waals surface area contributed by atoms with Crippen molar-refractivity contribution >= 4 is 31.9 Å². The Morgan fingerprint density at radius 1 is 1.31 bits per heavy atom. The fourth-order valence-corrected chi connectivity index (χ4v) is 2.39. The Kier molecular flexibility index (Phi) is 6.46. The van der Waals surface area contributed by atoms with Crippen LogP contribution in [-0.2, 0) is 6.54 Å². The highest BCUT2D eigenvalue weighted by molar-refractivity contribution is 9.10. The summed E-state index contributed by atoms with van der Waals surface area (Å²) in [6.45, 7) is 0.990. The lowest BCUT2D eigenvalue weighted by atomic mass is 10.2. The van der Waals surface area contributed by atoms with E-state index in [1.54, 1.807) is 4.90 Å². The number of benzene rings is 1. The van der Waals surface area contributed by atoms with Crippen molar-refractivity contribution < 1.29 is 8.78 Å². The van der Waals surface area contributed by atoms with Crippen molar-refractivity contribution in [3.05, 3.63) is 34.3 Å². The SMILES string of the molecule is FC(F)CN(CCBr)Cc1cccc(Br)c1. The molecule has 0 aliphatic heterocycles. The molecule has 1 nitrogen and oxygen atoms in total. The first-order chi connectivity index (χ1) is 7.61. The van der Waals surface area contributed by atoms with E-state index in [0.717, 1.165) is 10.0 Å². The first kappa shape index (κ1) is 14.1. The second-order valence-electron chi connectivity index (χ2n) is 3.45. The number of hydrogen-bond acceptors (Lipinski definition) is 1. The van der Waals surface area contributed by atoms with E-state index >= 15 is 0 Å². The van der Waals surface area contributed by atoms with Crippen LogP contribution in [0.2, 0.25) is 0 Å². The molecule has 1 rings (SSSR count). The van der Waals surface area contributed by atoms with E-state index in [4.69, 9.17) is 0 Å². The van der Waals surface area contributed by atoms with E-state index in [1.807, 2.05) is 24.3 Å². The summed E-state index contributed by atoms with van der Waals surface area (Å²) >= 11 is 6.64. The first-order valence-electron chi connectivity index (χ1n) is 4.92. The van der Waals surface area contributed by atoms with E-state index in [-0.39, 0.29) is 6.54 Å². The first-order valence-corrected chi connectivity index (χ1v) is 6.84. The molecular weight excluding hydrogens is 344 g/mol. The Labute approximate surface area is 111 Å². The molecule has 1 aromatic rings. The highest BCUT2D eigenvalue weighted by Crippen LogP contribution is 2.14. The summed E-state index contributed by atoms with van der Waals surface area (Å²) in [5, 5.41) is 0.702. The number of rotatable bonds is 6. The minimum atomic E-state index is -2.29. The molecule has 0 fully saturated rings. The van der Waals surface area contributed by atoms with Crippen LogP contribution >= 0.6 is 31.9 Å². The molecule has 0 aromatic heterocycles. The lowest BCUT2D eigenvalue weighted by molar-refractivity contribution is 0.0881. The normalized spacial score (nSPS) is 11.4. The van der Waals surface area contributed by atoms with Gasteiger partial charge in [-0.1, -0.05) is 44.0 Å². The van der Waals surface area contributed by atoms with Gasteiger partial charge in [0.15, 0.2) is 0 Å². The Balaban J connectivity index is 2.60. The zero-order valence-corrected chi connectivity index (χ0v) is 11.8. The van der Waals surface area contributed by atoms with Crippen LogP contribution in [0.1, 0.15) is 5.56 Å². The summed E-state index contributed by atoms with van der Waals surface area (Å²) in [5.41, 5.74) is 1.04. The number of hydrogen-bond donors (Lipinski definition) is 0. The van der Waals surface area contributed by atoms with Crippen LogP contribution < -0.4 is 0 Å². The van der Waals surface area contributed by atoms with E-state index in [9.17, 15) is 8.78 Å². The molecule has 0 unspecified atom stereocenters. The fraction of sp³-hybridized carbons (Fsp3) is 0.455. The molecule has 0 heterocycles. The summed E-state index contributed by atoms with van der Waals surface area (Å²) in [6, 6.07) is 7.73. The van der Waals surface area contributed by atoms with Crippen molar-refractivity contribution in [3.8, 4) is 0 Å². The lowest BCUT2D eigenvalue weighted by Crippen LogP contribution is -2.30. The van der Waals surface area contributed by atoms with Gasteiger partial charge in [-0.2, -0.15) is 0 Å². The Morgan fingerprint density at radius 3 is 2.62 bits per heavy atom. The van der Waals surface area contributed by atoms with Gasteiger partial charge in [0, 0.05) is 22.9 Å². The van der Waals surface area contributed by atoms with Crippen molar-refractivity contribution in [2.24, 2.45) is 0 Å². The molecule has 0 saturated carbocycles. The van der Waals surface area contributed by atoms with E-state index in [2.05, 4.69) is 31.9 Å². The molecule has 16 heavy (non-hydrogen) atoms. The predicted molar refractivity (Wildman–Crippen MR) is 69.2 cm³/mol. The topological polar surface area (TPSA) is 3.24 Å². The van der Waals surface area contributed by atoms with E-state index in [0.29, 0.717) is 18.4 Å². The van der Waals surface area contributed by atoms with Crippen LogP contribution in [0.5, 0.6) is 0 Å². The maximum Gasteiger partial charge on any atom is 0.251 e. The molecule has 1 aromatic carbocycles. The molecule has 0 bridgehead atoms. The zero-order chi connectivity index (χ0) is 12.0. The third-order valence-corrected chi connectivity index (χ3v) is 2.94. The molecule has 0 amide bonds. The Morgan fingerprint density at radius 2 is 2.06 bits per heavy atom. The second kappa shape index (κ2) is 7.35. The molecule has 0 aliphatic carbocycles. The van der Waals surface area contributed by atoms with Crippen molar-refractivity contribution in [2.75, 3.05) is 18.4 Å². The molecule has 0 saturated heterocycles. The van der Waals surface area contributed by atoms with Gasteiger partial charge >= 0.3 is 0 Å². The lowest BCUT2D eigenvalue weighted by Gasteiger charge is -2.20. The van der Waals surface area contributed by atoms with Crippen LogP contribution in [0.25, 0.3) is 0 Å². The minimum absolute atomic E-state index is 0.182. The molecule has 0 radical (unpaired) electrons. The van der Waals surface area contributed by atoms with Gasteiger partial charge in [-0.05, 0) is 17.7 Å². The Hall–Kier alpha value is -0.000000000000000111. The second-order valence-corrected chi connectivity index (χ2v) is 5.15. The van der Waals surface area contributed by atoms with Crippen molar-refractivity contribution in [1.29, 1.82) is 0 Å². The molecule has 0 N–H and O–H groups in total. The average molecular weight is 357 g/mol. The summed E-state index contributed by atoms with van der Waals surface area (Å²) in [7, 11) is 0. The largest absolute Gasteiger partial charge is 0.293 e. The molecule has 0 spiro atoms. The maximum atomic E-state index is 12.3. The van der Waals surface area contributed by atoms with Crippen LogP contribution in [0.3, 0.4) is 0 Å². The highest BCUT2D eigenvalue weighted by atomic mass is 79.9. The zero-order valence-electron chi connectivity index (χ0n) is 8.67. The molecule has 90 valence electrons. The van der Waals surface area contributed by atoms with Gasteiger partial charge in [-0.25, -0.2) is 8.78 Å². The summed E-state index contributed by atoms with van der Waals surface area (Å²) < 4.78 is 25.6. The van der Waals surface area contributed by atoms with Crippen LogP contribution in [0, 0.1) is 0 Å². The Bertz CT molecular complexity index is 321. The van der Waals surface area contributed by atoms with Gasteiger partial charge in [0.2, 0.25) is 0 Å². The maximum absolute atomic E-state index is 12.3. The third kappa shape index (κ3) is 5.37. The van der Waals surface area contributed by atoms with Crippen LogP contribution in [0.15, 0.2) is 28.7 Å². The molecular formula is C11H13Br2F2N. The summed E-state index contributed by atoms with van der Waals surface area (Å²) in [5.74, 6) is 0. The van der Waals surface area contributed by atoms with Crippen LogP contribution in [0.4, 0.5) is 8.78 Å². The van der Waals surface area contributed by atoms with Gasteiger partial charge in [0.25, 0.3) is 6.43 Å². The van der Waals surface area contributed by atoms with Gasteiger partial charge in [-0.3, -0.25) is 4.90 Å². The van der Waals surface area contributed by atoms with Crippen molar-refractivity contribution in [3.63, 3.8) is 0 Å². The standard InChI is InChI=1S/C11H13Br2F2N/c12-4-5-16(8-11(14)15)7-9-2-1-3-10(13)6-9/h1-3,6,11H,4-5,7-8H2. The minimum Gasteiger partial charge on any atom is -0.293 e. The number of halogens is 4. The van der Waals surface area contributed by atoms with Crippen molar-refractivity contribution in [1.82, 2.24) is 4.90 Å². The smallest absolute Gasteiger partial charge is 0.251 e. The monoisotopic (exact) mass is 355 g/mol. The summed E-state index contributed by atoms with van der Waals surface area (Å²) in [4.78, 5) is 1.74. The van der Waals surface area contributed by atoms with E-state index < -0.39 is 6.43 Å². The number of alkyl halides is 3. The van der Waals surface area contributed by atoms with Gasteiger partial charge in [0.05, 0.1) is 6.54 Å². The molecule has 0 aliphatic rings. The summed E-state index contributed by atoms with van der Waals surface area (Å²) in [6.07, 6.45) is -2.29. The van der Waals surface area contributed by atoms with Gasteiger partial charge < -0.3 is 0 Å². The molecule has 0 atom stereocenters. The van der Waals surface area contributed by atoms with Crippen LogP contribution in [-0.4, -0.2) is 29.7 Å². The van der Waals surface area contributed by atoms with E-state index in [1.165, 1.54) is 0 Å². The average Bonchev–Trinajstić information content (AvgIpc) is 2.16.